The zero-order valence-corrected chi connectivity index (χ0v) is 18.2. The van der Waals surface area contributed by atoms with Gasteiger partial charge in [-0.2, -0.15) is 0 Å². The van der Waals surface area contributed by atoms with Crippen molar-refractivity contribution in [3.8, 4) is 0 Å². The van der Waals surface area contributed by atoms with E-state index in [-0.39, 0.29) is 17.1 Å². The number of aromatic nitrogens is 1. The quantitative estimate of drug-likeness (QED) is 0.431. The maximum atomic E-state index is 13.7. The lowest BCUT2D eigenvalue weighted by Gasteiger charge is -2.27. The van der Waals surface area contributed by atoms with Crippen molar-refractivity contribution in [3.63, 3.8) is 0 Å². The molecule has 1 atom stereocenters. The molecule has 32 heavy (non-hydrogen) atoms. The first-order valence-electron chi connectivity index (χ1n) is 11.1. The van der Waals surface area contributed by atoms with Gasteiger partial charge in [0.15, 0.2) is 5.43 Å². The second-order valence-corrected chi connectivity index (χ2v) is 8.05. The van der Waals surface area contributed by atoms with E-state index in [2.05, 4.69) is 23.7 Å². The van der Waals surface area contributed by atoms with E-state index in [1.54, 1.807) is 23.4 Å². The van der Waals surface area contributed by atoms with E-state index in [1.165, 1.54) is 0 Å². The minimum atomic E-state index is -0.506. The number of hydrogen-bond donors (Lipinski definition) is 0. The number of carbonyl (C=O) groups excluding carboxylic acids is 1. The molecule has 0 N–H and O–H groups in total. The summed E-state index contributed by atoms with van der Waals surface area (Å²) in [5, 5.41) is 2.29. The molecular weight excluding hydrogens is 402 g/mol. The summed E-state index contributed by atoms with van der Waals surface area (Å²) in [4.78, 5) is 35.5. The Kier molecular flexibility index (Phi) is 5.23. The van der Waals surface area contributed by atoms with Crippen LogP contribution < -0.4 is 5.43 Å². The van der Waals surface area contributed by atoms with Gasteiger partial charge in [-0.05, 0) is 36.2 Å². The summed E-state index contributed by atoms with van der Waals surface area (Å²) in [5.74, 6) is -0.0970. The first-order chi connectivity index (χ1) is 15.6. The summed E-state index contributed by atoms with van der Waals surface area (Å²) in [6, 6.07) is 14.7. The van der Waals surface area contributed by atoms with E-state index in [4.69, 9.17) is 4.42 Å². The second-order valence-electron chi connectivity index (χ2n) is 8.05. The summed E-state index contributed by atoms with van der Waals surface area (Å²) in [6.07, 6.45) is 3.41. The van der Waals surface area contributed by atoms with Crippen molar-refractivity contribution in [2.75, 3.05) is 26.2 Å². The number of likely N-dealkylation sites (N-methyl/N-ethyl adjacent to an activating group) is 1. The fourth-order valence-electron chi connectivity index (χ4n) is 4.65. The van der Waals surface area contributed by atoms with Crippen LogP contribution in [0.3, 0.4) is 0 Å². The maximum Gasteiger partial charge on any atom is 0.290 e. The molecule has 5 rings (SSSR count). The van der Waals surface area contributed by atoms with Crippen LogP contribution in [0.25, 0.3) is 21.7 Å². The lowest BCUT2D eigenvalue weighted by molar-refractivity contribution is 0.0708. The molecule has 1 amide bonds. The minimum Gasteiger partial charge on any atom is -0.450 e. The van der Waals surface area contributed by atoms with E-state index in [1.807, 2.05) is 42.5 Å². The Balaban J connectivity index is 1.71. The zero-order chi connectivity index (χ0) is 22.2. The summed E-state index contributed by atoms with van der Waals surface area (Å²) >= 11 is 0. The van der Waals surface area contributed by atoms with Gasteiger partial charge in [0.1, 0.15) is 5.58 Å². The molecule has 0 spiro atoms. The molecule has 0 saturated carbocycles. The van der Waals surface area contributed by atoms with Crippen LogP contribution in [0, 0.1) is 0 Å². The number of nitrogens with zero attached hydrogens (tertiary/aromatic N) is 3. The van der Waals surface area contributed by atoms with Gasteiger partial charge in [-0.15, -0.1) is 0 Å². The fraction of sp³-hybridized carbons (Fsp3) is 0.269. The first kappa shape index (κ1) is 20.4. The van der Waals surface area contributed by atoms with Gasteiger partial charge in [0, 0.05) is 30.9 Å². The van der Waals surface area contributed by atoms with Crippen LogP contribution in [-0.4, -0.2) is 46.9 Å². The van der Waals surface area contributed by atoms with Gasteiger partial charge >= 0.3 is 0 Å². The molecule has 0 bridgehead atoms. The van der Waals surface area contributed by atoms with Crippen LogP contribution in [0.5, 0.6) is 0 Å². The molecule has 162 valence electrons. The van der Waals surface area contributed by atoms with E-state index < -0.39 is 6.04 Å². The Morgan fingerprint density at radius 2 is 1.81 bits per heavy atom. The SMILES string of the molecule is CCN(CC)CCN1C(=O)c2oc3c(ccc4ccccc43)c(=O)c2C1c1cccnc1. The van der Waals surface area contributed by atoms with Crippen molar-refractivity contribution in [2.24, 2.45) is 0 Å². The predicted molar refractivity (Wildman–Crippen MR) is 125 cm³/mol. The Morgan fingerprint density at radius 3 is 2.56 bits per heavy atom. The number of carbonyl (C=O) groups is 1. The largest absolute Gasteiger partial charge is 0.450 e. The highest BCUT2D eigenvalue weighted by molar-refractivity contribution is 6.06. The molecule has 0 radical (unpaired) electrons. The Bertz CT molecular complexity index is 1360. The van der Waals surface area contributed by atoms with Gasteiger partial charge in [0.05, 0.1) is 17.0 Å². The number of pyridine rings is 1. The third-order valence-electron chi connectivity index (χ3n) is 6.41. The fourth-order valence-corrected chi connectivity index (χ4v) is 4.65. The molecule has 0 aliphatic carbocycles. The van der Waals surface area contributed by atoms with Crippen molar-refractivity contribution < 1.29 is 9.21 Å². The lowest BCUT2D eigenvalue weighted by Crippen LogP contribution is -2.37. The van der Waals surface area contributed by atoms with Crippen molar-refractivity contribution in [3.05, 3.63) is 88.0 Å². The van der Waals surface area contributed by atoms with Crippen molar-refractivity contribution in [1.29, 1.82) is 0 Å². The third kappa shape index (κ3) is 3.19. The highest BCUT2D eigenvalue weighted by Gasteiger charge is 2.42. The van der Waals surface area contributed by atoms with E-state index in [9.17, 15) is 9.59 Å². The van der Waals surface area contributed by atoms with Crippen LogP contribution in [0.1, 0.15) is 41.6 Å². The van der Waals surface area contributed by atoms with Crippen molar-refractivity contribution in [2.45, 2.75) is 19.9 Å². The monoisotopic (exact) mass is 427 g/mol. The zero-order valence-electron chi connectivity index (χ0n) is 18.2. The number of hydrogen-bond acceptors (Lipinski definition) is 5. The highest BCUT2D eigenvalue weighted by atomic mass is 16.3. The molecule has 4 aromatic rings. The summed E-state index contributed by atoms with van der Waals surface area (Å²) in [6.45, 7) is 7.23. The van der Waals surface area contributed by atoms with E-state index in [0.29, 0.717) is 23.1 Å². The highest BCUT2D eigenvalue weighted by Crippen LogP contribution is 2.38. The maximum absolute atomic E-state index is 13.7. The van der Waals surface area contributed by atoms with Crippen LogP contribution in [-0.2, 0) is 0 Å². The van der Waals surface area contributed by atoms with Gasteiger partial charge in [-0.25, -0.2) is 0 Å². The molecule has 1 aliphatic heterocycles. The Morgan fingerprint density at radius 1 is 1.00 bits per heavy atom. The average molecular weight is 428 g/mol. The third-order valence-corrected chi connectivity index (χ3v) is 6.41. The van der Waals surface area contributed by atoms with E-state index in [0.717, 1.165) is 36.0 Å². The molecule has 2 aromatic carbocycles. The molecule has 2 aromatic heterocycles. The van der Waals surface area contributed by atoms with Gasteiger partial charge in [-0.1, -0.05) is 50.2 Å². The Labute approximate surface area is 186 Å². The summed E-state index contributed by atoms with van der Waals surface area (Å²) in [7, 11) is 0. The van der Waals surface area contributed by atoms with Crippen LogP contribution in [0.2, 0.25) is 0 Å². The number of benzene rings is 2. The standard InChI is InChI=1S/C26H25N3O3/c1-3-28(4-2)14-15-29-22(18-9-7-13-27-16-18)21-23(30)20-12-11-17-8-5-6-10-19(17)24(20)32-25(21)26(29)31/h5-13,16,22H,3-4,14-15H2,1-2H3. The van der Waals surface area contributed by atoms with Crippen LogP contribution in [0.4, 0.5) is 0 Å². The molecule has 0 fully saturated rings. The van der Waals surface area contributed by atoms with Crippen molar-refractivity contribution >= 4 is 27.6 Å². The normalized spacial score (nSPS) is 15.8. The van der Waals surface area contributed by atoms with Crippen LogP contribution in [0.15, 0.2) is 70.1 Å². The molecule has 6 heteroatoms. The van der Waals surface area contributed by atoms with Crippen LogP contribution >= 0.6 is 0 Å². The molecular formula is C26H25N3O3. The number of fused-ring (bicyclic) bond motifs is 4. The second kappa shape index (κ2) is 8.20. The lowest BCUT2D eigenvalue weighted by atomic mass is 9.98. The van der Waals surface area contributed by atoms with E-state index >= 15 is 0 Å². The first-order valence-corrected chi connectivity index (χ1v) is 11.1. The summed E-state index contributed by atoms with van der Waals surface area (Å²) < 4.78 is 6.23. The number of rotatable bonds is 6. The van der Waals surface area contributed by atoms with Gasteiger partial charge in [0.25, 0.3) is 5.91 Å². The molecule has 1 unspecified atom stereocenters. The molecule has 3 heterocycles. The van der Waals surface area contributed by atoms with Crippen molar-refractivity contribution in [1.82, 2.24) is 14.8 Å². The molecule has 1 aliphatic rings. The van der Waals surface area contributed by atoms with Gasteiger partial charge < -0.3 is 14.2 Å². The molecule has 0 saturated heterocycles. The van der Waals surface area contributed by atoms with Gasteiger partial charge in [0.2, 0.25) is 5.76 Å². The summed E-state index contributed by atoms with van der Waals surface area (Å²) in [5.41, 5.74) is 1.53. The predicted octanol–water partition coefficient (Wildman–Crippen LogP) is 4.23. The van der Waals surface area contributed by atoms with Gasteiger partial charge in [-0.3, -0.25) is 14.6 Å². The Hall–Kier alpha value is -3.51. The molecule has 6 nitrogen and oxygen atoms in total. The topological polar surface area (TPSA) is 66.7 Å². The average Bonchev–Trinajstić information content (AvgIpc) is 3.12. The number of amides is 1. The minimum absolute atomic E-state index is 0.146. The smallest absolute Gasteiger partial charge is 0.290 e.